The minimum atomic E-state index is 0.364. The SMILES string of the molecule is CNC(Cc1cccc(Br)c1)Cc1ccc(Br)cc1Cl. The number of hydrogen-bond acceptors (Lipinski definition) is 1. The molecule has 1 atom stereocenters. The Labute approximate surface area is 142 Å². The molecule has 0 saturated carbocycles. The molecule has 2 aromatic rings. The molecule has 0 spiro atoms. The lowest BCUT2D eigenvalue weighted by Crippen LogP contribution is -2.30. The minimum Gasteiger partial charge on any atom is -0.316 e. The highest BCUT2D eigenvalue weighted by Gasteiger charge is 2.11. The number of nitrogens with one attached hydrogen (secondary N) is 1. The van der Waals surface area contributed by atoms with Crippen LogP contribution in [0.1, 0.15) is 11.1 Å². The molecule has 106 valence electrons. The summed E-state index contributed by atoms with van der Waals surface area (Å²) < 4.78 is 2.13. The van der Waals surface area contributed by atoms with E-state index in [1.54, 1.807) is 0 Å². The van der Waals surface area contributed by atoms with Crippen LogP contribution in [0.3, 0.4) is 0 Å². The molecule has 0 aliphatic carbocycles. The summed E-state index contributed by atoms with van der Waals surface area (Å²) in [5.41, 5.74) is 2.48. The van der Waals surface area contributed by atoms with Crippen LogP contribution < -0.4 is 5.32 Å². The summed E-state index contributed by atoms with van der Waals surface area (Å²) >= 11 is 13.2. The van der Waals surface area contributed by atoms with Crippen molar-refractivity contribution >= 4 is 43.5 Å². The van der Waals surface area contributed by atoms with Crippen molar-refractivity contribution in [2.24, 2.45) is 0 Å². The molecule has 4 heteroatoms. The lowest BCUT2D eigenvalue weighted by molar-refractivity contribution is 0.556. The number of benzene rings is 2. The van der Waals surface area contributed by atoms with Gasteiger partial charge in [-0.05, 0) is 55.3 Å². The van der Waals surface area contributed by atoms with Crippen molar-refractivity contribution in [3.63, 3.8) is 0 Å². The van der Waals surface area contributed by atoms with Crippen LogP contribution in [-0.4, -0.2) is 13.1 Å². The Balaban J connectivity index is 2.09. The zero-order valence-electron chi connectivity index (χ0n) is 11.2. The van der Waals surface area contributed by atoms with Gasteiger partial charge >= 0.3 is 0 Å². The molecule has 0 heterocycles. The summed E-state index contributed by atoms with van der Waals surface area (Å²) in [5.74, 6) is 0. The number of halogens is 3. The molecule has 0 saturated heterocycles. The minimum absolute atomic E-state index is 0.364. The molecule has 20 heavy (non-hydrogen) atoms. The third-order valence-corrected chi connectivity index (χ3v) is 4.60. The molecule has 1 unspecified atom stereocenters. The van der Waals surface area contributed by atoms with Crippen molar-refractivity contribution in [2.75, 3.05) is 7.05 Å². The predicted molar refractivity (Wildman–Crippen MR) is 93.5 cm³/mol. The van der Waals surface area contributed by atoms with E-state index in [4.69, 9.17) is 11.6 Å². The Morgan fingerprint density at radius 3 is 2.45 bits per heavy atom. The van der Waals surface area contributed by atoms with Gasteiger partial charge in [-0.15, -0.1) is 0 Å². The van der Waals surface area contributed by atoms with E-state index in [-0.39, 0.29) is 0 Å². The smallest absolute Gasteiger partial charge is 0.0449 e. The second-order valence-electron chi connectivity index (χ2n) is 4.76. The van der Waals surface area contributed by atoms with Gasteiger partial charge in [-0.2, -0.15) is 0 Å². The van der Waals surface area contributed by atoms with Crippen LogP contribution in [0.15, 0.2) is 51.4 Å². The van der Waals surface area contributed by atoms with Crippen LogP contribution in [0.2, 0.25) is 5.02 Å². The van der Waals surface area contributed by atoms with Crippen LogP contribution in [0.4, 0.5) is 0 Å². The van der Waals surface area contributed by atoms with Gasteiger partial charge in [0.15, 0.2) is 0 Å². The van der Waals surface area contributed by atoms with Gasteiger partial charge in [0.2, 0.25) is 0 Å². The third kappa shape index (κ3) is 4.59. The van der Waals surface area contributed by atoms with E-state index in [1.807, 2.05) is 25.2 Å². The molecule has 0 amide bonds. The molecule has 2 rings (SSSR count). The van der Waals surface area contributed by atoms with Crippen LogP contribution in [0, 0.1) is 0 Å². The van der Waals surface area contributed by atoms with Gasteiger partial charge < -0.3 is 5.32 Å². The van der Waals surface area contributed by atoms with Gasteiger partial charge in [0.25, 0.3) is 0 Å². The maximum atomic E-state index is 6.29. The Morgan fingerprint density at radius 2 is 1.80 bits per heavy atom. The summed E-state index contributed by atoms with van der Waals surface area (Å²) in [6, 6.07) is 14.9. The van der Waals surface area contributed by atoms with Crippen molar-refractivity contribution in [3.05, 3.63) is 67.6 Å². The summed E-state index contributed by atoms with van der Waals surface area (Å²) in [6.07, 6.45) is 1.89. The Bertz CT molecular complexity index is 586. The molecule has 1 nitrogen and oxygen atoms in total. The van der Waals surface area contributed by atoms with Crippen LogP contribution in [0.5, 0.6) is 0 Å². The number of hydrogen-bond donors (Lipinski definition) is 1. The highest BCUT2D eigenvalue weighted by atomic mass is 79.9. The van der Waals surface area contributed by atoms with Gasteiger partial charge in [0.1, 0.15) is 0 Å². The van der Waals surface area contributed by atoms with E-state index in [1.165, 1.54) is 11.1 Å². The maximum Gasteiger partial charge on any atom is 0.0449 e. The van der Waals surface area contributed by atoms with E-state index in [0.29, 0.717) is 6.04 Å². The predicted octanol–water partition coefficient (Wildman–Crippen LogP) is 5.24. The average molecular weight is 418 g/mol. The normalized spacial score (nSPS) is 12.4. The lowest BCUT2D eigenvalue weighted by Gasteiger charge is -2.17. The topological polar surface area (TPSA) is 12.0 Å². The first kappa shape index (κ1) is 16.0. The van der Waals surface area contributed by atoms with Gasteiger partial charge in [0, 0.05) is 20.0 Å². The maximum absolute atomic E-state index is 6.29. The van der Waals surface area contributed by atoms with Gasteiger partial charge in [-0.25, -0.2) is 0 Å². The van der Waals surface area contributed by atoms with Gasteiger partial charge in [-0.3, -0.25) is 0 Å². The van der Waals surface area contributed by atoms with Crippen molar-refractivity contribution in [1.82, 2.24) is 5.32 Å². The summed E-state index contributed by atoms with van der Waals surface area (Å²) in [4.78, 5) is 0. The van der Waals surface area contributed by atoms with E-state index in [0.717, 1.165) is 26.8 Å². The third-order valence-electron chi connectivity index (χ3n) is 3.26. The molecule has 0 radical (unpaired) electrons. The highest BCUT2D eigenvalue weighted by Crippen LogP contribution is 2.23. The molecular formula is C16H16Br2ClN. The standard InChI is InChI=1S/C16H16Br2ClN/c1-20-15(8-11-3-2-4-13(17)7-11)9-12-5-6-14(18)10-16(12)19/h2-7,10,15,20H,8-9H2,1H3. The molecule has 1 N–H and O–H groups in total. The molecular weight excluding hydrogens is 401 g/mol. The largest absolute Gasteiger partial charge is 0.316 e. The Kier molecular flexibility index (Phi) is 6.09. The molecule has 2 aromatic carbocycles. The molecule has 0 fully saturated rings. The van der Waals surface area contributed by atoms with Crippen molar-refractivity contribution in [3.8, 4) is 0 Å². The Hall–Kier alpha value is -0.350. The molecule has 0 bridgehead atoms. The fraction of sp³-hybridized carbons (Fsp3) is 0.250. The van der Waals surface area contributed by atoms with E-state index < -0.39 is 0 Å². The molecule has 0 aliphatic rings. The second kappa shape index (κ2) is 7.60. The lowest BCUT2D eigenvalue weighted by atomic mass is 9.99. The molecule has 0 aromatic heterocycles. The van der Waals surface area contributed by atoms with E-state index >= 15 is 0 Å². The first-order chi connectivity index (χ1) is 9.58. The number of rotatable bonds is 5. The fourth-order valence-corrected chi connectivity index (χ4v) is 3.37. The highest BCUT2D eigenvalue weighted by molar-refractivity contribution is 9.10. The van der Waals surface area contributed by atoms with Gasteiger partial charge in [-0.1, -0.05) is 61.7 Å². The summed E-state index contributed by atoms with van der Waals surface area (Å²) in [5, 5.41) is 4.19. The zero-order valence-corrected chi connectivity index (χ0v) is 15.1. The monoisotopic (exact) mass is 415 g/mol. The average Bonchev–Trinajstić information content (AvgIpc) is 2.41. The number of likely N-dealkylation sites (N-methyl/N-ethyl adjacent to an activating group) is 1. The summed E-state index contributed by atoms with van der Waals surface area (Å²) in [7, 11) is 2.00. The van der Waals surface area contributed by atoms with Crippen molar-refractivity contribution < 1.29 is 0 Å². The quantitative estimate of drug-likeness (QED) is 0.702. The second-order valence-corrected chi connectivity index (χ2v) is 7.00. The van der Waals surface area contributed by atoms with Crippen molar-refractivity contribution in [2.45, 2.75) is 18.9 Å². The van der Waals surface area contributed by atoms with E-state index in [2.05, 4.69) is 61.4 Å². The van der Waals surface area contributed by atoms with E-state index in [9.17, 15) is 0 Å². The van der Waals surface area contributed by atoms with Crippen LogP contribution in [-0.2, 0) is 12.8 Å². The Morgan fingerprint density at radius 1 is 1.05 bits per heavy atom. The fourth-order valence-electron chi connectivity index (χ4n) is 2.18. The zero-order chi connectivity index (χ0) is 14.5. The van der Waals surface area contributed by atoms with Crippen LogP contribution >= 0.6 is 43.5 Å². The van der Waals surface area contributed by atoms with Crippen LogP contribution in [0.25, 0.3) is 0 Å². The molecule has 0 aliphatic heterocycles. The van der Waals surface area contributed by atoms with Gasteiger partial charge in [0.05, 0.1) is 0 Å². The first-order valence-electron chi connectivity index (χ1n) is 6.44. The first-order valence-corrected chi connectivity index (χ1v) is 8.40. The summed E-state index contributed by atoms with van der Waals surface area (Å²) in [6.45, 7) is 0. The van der Waals surface area contributed by atoms with Crippen molar-refractivity contribution in [1.29, 1.82) is 0 Å².